The van der Waals surface area contributed by atoms with Crippen molar-refractivity contribution < 1.29 is 0 Å². The molecule has 2 heteroatoms. The van der Waals surface area contributed by atoms with Crippen molar-refractivity contribution >= 4 is 0 Å². The monoisotopic (exact) mass is 208 g/mol. The largest absolute Gasteiger partial charge is 0.297 e. The molecule has 0 atom stereocenters. The van der Waals surface area contributed by atoms with E-state index in [2.05, 4.69) is 24.8 Å². The zero-order valence-corrected chi connectivity index (χ0v) is 10.2. The first kappa shape index (κ1) is 12.5. The minimum atomic E-state index is 0.585. The average Bonchev–Trinajstić information content (AvgIpc) is 2.47. The van der Waals surface area contributed by atoms with Gasteiger partial charge in [-0.25, -0.2) is 0 Å². The molecule has 86 valence electrons. The van der Waals surface area contributed by atoms with Crippen LogP contribution in [-0.2, 0) is 0 Å². The Bertz CT molecular complexity index is 197. The standard InChI is InChI=1S/C13H24N2/c1-12(2)15(11-7-10-14)13-8-5-3-4-6-9-13/h12-13H,3-9,11H2,1-2H3. The minimum Gasteiger partial charge on any atom is -0.297 e. The Kier molecular flexibility index (Phi) is 5.71. The molecule has 0 aromatic rings. The van der Waals surface area contributed by atoms with Gasteiger partial charge in [0.15, 0.2) is 0 Å². The lowest BCUT2D eigenvalue weighted by atomic mass is 10.1. The van der Waals surface area contributed by atoms with Crippen LogP contribution in [0.4, 0.5) is 0 Å². The van der Waals surface area contributed by atoms with Crippen LogP contribution in [-0.4, -0.2) is 23.5 Å². The Hall–Kier alpha value is -0.550. The van der Waals surface area contributed by atoms with E-state index in [0.29, 0.717) is 12.5 Å². The molecule has 0 aromatic carbocycles. The van der Waals surface area contributed by atoms with Gasteiger partial charge < -0.3 is 0 Å². The maximum Gasteiger partial charge on any atom is 0.0635 e. The van der Waals surface area contributed by atoms with Crippen molar-refractivity contribution in [1.82, 2.24) is 4.90 Å². The van der Waals surface area contributed by atoms with E-state index < -0.39 is 0 Å². The second-order valence-corrected chi connectivity index (χ2v) is 4.89. The second kappa shape index (κ2) is 6.85. The third kappa shape index (κ3) is 4.22. The highest BCUT2D eigenvalue weighted by Gasteiger charge is 2.21. The van der Waals surface area contributed by atoms with Crippen LogP contribution in [0.15, 0.2) is 0 Å². The molecule has 0 heterocycles. The van der Waals surface area contributed by atoms with Gasteiger partial charge in [-0.3, -0.25) is 4.90 Å². The molecule has 1 aliphatic rings. The topological polar surface area (TPSA) is 27.0 Å². The summed E-state index contributed by atoms with van der Waals surface area (Å²) in [5, 5.41) is 8.67. The molecule has 0 N–H and O–H groups in total. The minimum absolute atomic E-state index is 0.585. The van der Waals surface area contributed by atoms with Crippen LogP contribution in [0.3, 0.4) is 0 Å². The van der Waals surface area contributed by atoms with Gasteiger partial charge in [-0.1, -0.05) is 25.7 Å². The van der Waals surface area contributed by atoms with Crippen LogP contribution in [0.25, 0.3) is 0 Å². The summed E-state index contributed by atoms with van der Waals surface area (Å²) in [6.07, 6.45) is 8.91. The predicted octanol–water partition coefficient (Wildman–Crippen LogP) is 3.33. The summed E-state index contributed by atoms with van der Waals surface area (Å²) < 4.78 is 0. The summed E-state index contributed by atoms with van der Waals surface area (Å²) in [6.45, 7) is 5.46. The molecule has 0 aromatic heterocycles. The van der Waals surface area contributed by atoms with Crippen LogP contribution in [0.5, 0.6) is 0 Å². The number of rotatable bonds is 4. The van der Waals surface area contributed by atoms with Crippen molar-refractivity contribution in [3.8, 4) is 6.07 Å². The summed E-state index contributed by atoms with van der Waals surface area (Å²) in [5.41, 5.74) is 0. The lowest BCUT2D eigenvalue weighted by Gasteiger charge is -2.34. The Morgan fingerprint density at radius 3 is 2.27 bits per heavy atom. The molecule has 0 saturated heterocycles. The van der Waals surface area contributed by atoms with Gasteiger partial charge >= 0.3 is 0 Å². The zero-order chi connectivity index (χ0) is 11.1. The van der Waals surface area contributed by atoms with E-state index in [1.54, 1.807) is 0 Å². The molecule has 0 bridgehead atoms. The van der Waals surface area contributed by atoms with Crippen molar-refractivity contribution in [2.24, 2.45) is 0 Å². The summed E-state index contributed by atoms with van der Waals surface area (Å²) in [6, 6.07) is 3.59. The van der Waals surface area contributed by atoms with E-state index in [9.17, 15) is 0 Å². The van der Waals surface area contributed by atoms with Gasteiger partial charge in [-0.05, 0) is 26.7 Å². The maximum atomic E-state index is 8.67. The van der Waals surface area contributed by atoms with E-state index in [-0.39, 0.29) is 0 Å². The fourth-order valence-corrected chi connectivity index (χ4v) is 2.63. The fraction of sp³-hybridized carbons (Fsp3) is 0.923. The maximum absolute atomic E-state index is 8.67. The lowest BCUT2D eigenvalue weighted by molar-refractivity contribution is 0.142. The van der Waals surface area contributed by atoms with Crippen LogP contribution in [0, 0.1) is 11.3 Å². The lowest BCUT2D eigenvalue weighted by Crippen LogP contribution is -2.40. The highest BCUT2D eigenvalue weighted by atomic mass is 15.2. The van der Waals surface area contributed by atoms with Crippen molar-refractivity contribution in [1.29, 1.82) is 5.26 Å². The molecule has 1 saturated carbocycles. The molecule has 2 nitrogen and oxygen atoms in total. The average molecular weight is 208 g/mol. The number of nitrogens with zero attached hydrogens (tertiary/aromatic N) is 2. The first-order valence-corrected chi connectivity index (χ1v) is 6.38. The van der Waals surface area contributed by atoms with Crippen LogP contribution >= 0.6 is 0 Å². The highest BCUT2D eigenvalue weighted by molar-refractivity contribution is 4.80. The van der Waals surface area contributed by atoms with Gasteiger partial charge in [0.05, 0.1) is 6.07 Å². The van der Waals surface area contributed by atoms with Gasteiger partial charge in [0.25, 0.3) is 0 Å². The van der Waals surface area contributed by atoms with E-state index in [4.69, 9.17) is 5.26 Å². The molecule has 1 aliphatic carbocycles. The molecule has 1 rings (SSSR count). The Labute approximate surface area is 94.3 Å². The first-order valence-electron chi connectivity index (χ1n) is 6.38. The second-order valence-electron chi connectivity index (χ2n) is 4.89. The van der Waals surface area contributed by atoms with Crippen LogP contribution < -0.4 is 0 Å². The molecule has 0 unspecified atom stereocenters. The van der Waals surface area contributed by atoms with Gasteiger partial charge in [-0.2, -0.15) is 5.26 Å². The summed E-state index contributed by atoms with van der Waals surface area (Å²) in [5.74, 6) is 0. The molecule has 0 amide bonds. The smallest absolute Gasteiger partial charge is 0.0635 e. The highest BCUT2D eigenvalue weighted by Crippen LogP contribution is 2.23. The molecule has 0 aliphatic heterocycles. The summed E-state index contributed by atoms with van der Waals surface area (Å²) in [7, 11) is 0. The van der Waals surface area contributed by atoms with Crippen LogP contribution in [0.1, 0.15) is 58.8 Å². The van der Waals surface area contributed by atoms with E-state index in [0.717, 1.165) is 12.6 Å². The Balaban J connectivity index is 2.49. The molecule has 0 radical (unpaired) electrons. The number of hydrogen-bond acceptors (Lipinski definition) is 2. The third-order valence-corrected chi connectivity index (χ3v) is 3.44. The van der Waals surface area contributed by atoms with Crippen LogP contribution in [0.2, 0.25) is 0 Å². The van der Waals surface area contributed by atoms with Crippen molar-refractivity contribution in [2.45, 2.75) is 70.9 Å². The molecule has 0 spiro atoms. The summed E-state index contributed by atoms with van der Waals surface area (Å²) >= 11 is 0. The molecule has 1 fully saturated rings. The molecular formula is C13H24N2. The van der Waals surface area contributed by atoms with E-state index >= 15 is 0 Å². The van der Waals surface area contributed by atoms with Gasteiger partial charge in [0.1, 0.15) is 0 Å². The van der Waals surface area contributed by atoms with Crippen molar-refractivity contribution in [3.63, 3.8) is 0 Å². The fourth-order valence-electron chi connectivity index (χ4n) is 2.63. The molecule has 15 heavy (non-hydrogen) atoms. The Morgan fingerprint density at radius 1 is 1.20 bits per heavy atom. The van der Waals surface area contributed by atoms with Gasteiger partial charge in [-0.15, -0.1) is 0 Å². The van der Waals surface area contributed by atoms with Crippen molar-refractivity contribution in [2.75, 3.05) is 6.54 Å². The zero-order valence-electron chi connectivity index (χ0n) is 10.2. The molecular weight excluding hydrogens is 184 g/mol. The quantitative estimate of drug-likeness (QED) is 0.663. The number of nitriles is 1. The SMILES string of the molecule is CC(C)N(CCC#N)C1CCCCCC1. The normalized spacial score (nSPS) is 19.1. The van der Waals surface area contributed by atoms with E-state index in [1.807, 2.05) is 0 Å². The van der Waals surface area contributed by atoms with Gasteiger partial charge in [0.2, 0.25) is 0 Å². The summed E-state index contributed by atoms with van der Waals surface area (Å²) in [4.78, 5) is 2.54. The first-order chi connectivity index (χ1) is 7.25. The third-order valence-electron chi connectivity index (χ3n) is 3.44. The van der Waals surface area contributed by atoms with Gasteiger partial charge in [0, 0.05) is 25.0 Å². The predicted molar refractivity (Wildman–Crippen MR) is 63.6 cm³/mol. The van der Waals surface area contributed by atoms with Crippen molar-refractivity contribution in [3.05, 3.63) is 0 Å². The number of hydrogen-bond donors (Lipinski definition) is 0. The Morgan fingerprint density at radius 2 is 1.80 bits per heavy atom. The van der Waals surface area contributed by atoms with E-state index in [1.165, 1.54) is 38.5 Å².